The van der Waals surface area contributed by atoms with E-state index in [0.29, 0.717) is 18.0 Å². The van der Waals surface area contributed by atoms with Gasteiger partial charge in [-0.2, -0.15) is 0 Å². The summed E-state index contributed by atoms with van der Waals surface area (Å²) in [5.41, 5.74) is 3.96. The lowest BCUT2D eigenvalue weighted by Gasteiger charge is -2.38. The van der Waals surface area contributed by atoms with Crippen LogP contribution in [-0.2, 0) is 22.6 Å². The topological polar surface area (TPSA) is 75.6 Å². The third kappa shape index (κ3) is 3.17. The molecule has 2 saturated heterocycles. The molecule has 5 rings (SSSR count). The highest BCUT2D eigenvalue weighted by Gasteiger charge is 2.48. The Morgan fingerprint density at radius 2 is 1.90 bits per heavy atom. The summed E-state index contributed by atoms with van der Waals surface area (Å²) in [5, 5.41) is 0. The summed E-state index contributed by atoms with van der Waals surface area (Å²) in [7, 11) is 0. The van der Waals surface area contributed by atoms with E-state index >= 15 is 0 Å². The molecule has 0 radical (unpaired) electrons. The van der Waals surface area contributed by atoms with Crippen molar-refractivity contribution in [2.75, 3.05) is 31.1 Å². The maximum absolute atomic E-state index is 13.1. The number of carbonyl (C=O) groups is 2. The molecule has 2 fully saturated rings. The minimum atomic E-state index is -0.241. The van der Waals surface area contributed by atoms with E-state index in [1.165, 1.54) is 11.1 Å². The van der Waals surface area contributed by atoms with Crippen LogP contribution in [0.5, 0.6) is 0 Å². The zero-order valence-corrected chi connectivity index (χ0v) is 17.3. The molecular weight excluding hydrogens is 380 g/mol. The van der Waals surface area contributed by atoms with Gasteiger partial charge in [0.2, 0.25) is 5.91 Å². The molecule has 1 aromatic carbocycles. The van der Waals surface area contributed by atoms with Crippen LogP contribution >= 0.6 is 0 Å². The second kappa shape index (κ2) is 7.47. The molecule has 0 unspecified atom stereocenters. The monoisotopic (exact) mass is 406 g/mol. The number of nitrogens with zero attached hydrogens (tertiary/aromatic N) is 4. The van der Waals surface area contributed by atoms with Gasteiger partial charge in [0.25, 0.3) is 0 Å². The van der Waals surface area contributed by atoms with Gasteiger partial charge in [-0.15, -0.1) is 0 Å². The van der Waals surface area contributed by atoms with Crippen LogP contribution < -0.4 is 4.90 Å². The van der Waals surface area contributed by atoms with Crippen LogP contribution in [0.4, 0.5) is 5.82 Å². The van der Waals surface area contributed by atoms with E-state index in [0.717, 1.165) is 57.4 Å². The summed E-state index contributed by atoms with van der Waals surface area (Å²) in [4.78, 5) is 37.6. The third-order valence-corrected chi connectivity index (χ3v) is 7.13. The van der Waals surface area contributed by atoms with Crippen LogP contribution in [0.1, 0.15) is 46.3 Å². The maximum Gasteiger partial charge on any atom is 0.338 e. The first-order valence-corrected chi connectivity index (χ1v) is 10.7. The predicted octanol–water partition coefficient (Wildman–Crippen LogP) is 2.52. The van der Waals surface area contributed by atoms with Gasteiger partial charge in [0, 0.05) is 31.0 Å². The highest BCUT2D eigenvalue weighted by molar-refractivity contribution is 5.99. The number of piperidine rings is 1. The number of likely N-dealkylation sites (tertiary alicyclic amines) is 1. The molecule has 0 N–H and O–H groups in total. The average Bonchev–Trinajstić information content (AvgIpc) is 3.31. The Kier molecular flexibility index (Phi) is 4.77. The second-order valence-corrected chi connectivity index (χ2v) is 8.59. The Hall–Kier alpha value is -2.80. The Morgan fingerprint density at radius 1 is 1.10 bits per heavy atom. The Morgan fingerprint density at radius 3 is 2.67 bits per heavy atom. The number of hydrogen-bond donors (Lipinski definition) is 0. The van der Waals surface area contributed by atoms with Crippen molar-refractivity contribution >= 4 is 17.7 Å². The minimum Gasteiger partial charge on any atom is -0.457 e. The lowest BCUT2D eigenvalue weighted by molar-refractivity contribution is -0.128. The molecule has 7 heteroatoms. The van der Waals surface area contributed by atoms with Crippen LogP contribution in [0.3, 0.4) is 0 Å². The normalized spacial score (nSPS) is 20.6. The van der Waals surface area contributed by atoms with Crippen molar-refractivity contribution in [1.82, 2.24) is 14.9 Å². The summed E-state index contributed by atoms with van der Waals surface area (Å²) in [6.07, 6.45) is 8.57. The van der Waals surface area contributed by atoms with E-state index in [4.69, 9.17) is 4.74 Å². The lowest BCUT2D eigenvalue weighted by Crippen LogP contribution is -2.45. The van der Waals surface area contributed by atoms with Gasteiger partial charge in [-0.1, -0.05) is 6.07 Å². The molecule has 1 aromatic heterocycles. The molecule has 1 spiro atoms. The zero-order valence-electron chi connectivity index (χ0n) is 17.3. The number of esters is 1. The average molecular weight is 406 g/mol. The van der Waals surface area contributed by atoms with Gasteiger partial charge < -0.3 is 9.64 Å². The molecule has 7 nitrogen and oxygen atoms in total. The molecule has 0 atom stereocenters. The number of aromatic nitrogens is 2. The Balaban J connectivity index is 1.19. The van der Waals surface area contributed by atoms with Gasteiger partial charge in [-0.25, -0.2) is 9.78 Å². The van der Waals surface area contributed by atoms with E-state index in [-0.39, 0.29) is 17.3 Å². The van der Waals surface area contributed by atoms with Gasteiger partial charge in [0.05, 0.1) is 17.2 Å². The van der Waals surface area contributed by atoms with E-state index in [1.807, 2.05) is 6.07 Å². The highest BCUT2D eigenvalue weighted by Crippen LogP contribution is 2.42. The number of benzene rings is 1. The number of anilines is 1. The first-order chi connectivity index (χ1) is 14.6. The molecule has 4 heterocycles. The van der Waals surface area contributed by atoms with Crippen LogP contribution in [0.25, 0.3) is 0 Å². The number of carbonyl (C=O) groups excluding carboxylic acids is 2. The van der Waals surface area contributed by atoms with Crippen molar-refractivity contribution in [2.45, 2.75) is 39.2 Å². The number of hydrogen-bond acceptors (Lipinski definition) is 6. The van der Waals surface area contributed by atoms with Crippen LogP contribution in [-0.4, -0.2) is 52.9 Å². The molecule has 3 aliphatic heterocycles. The van der Waals surface area contributed by atoms with Gasteiger partial charge in [-0.3, -0.25) is 14.7 Å². The molecule has 0 saturated carbocycles. The fourth-order valence-corrected chi connectivity index (χ4v) is 5.09. The molecule has 2 aromatic rings. The summed E-state index contributed by atoms with van der Waals surface area (Å²) in [6.45, 7) is 6.04. The Bertz CT molecular complexity index is 983. The third-order valence-electron chi connectivity index (χ3n) is 7.13. The van der Waals surface area contributed by atoms with Gasteiger partial charge >= 0.3 is 5.97 Å². The second-order valence-electron chi connectivity index (χ2n) is 8.59. The van der Waals surface area contributed by atoms with Gasteiger partial charge in [0.15, 0.2) is 5.82 Å². The van der Waals surface area contributed by atoms with E-state index in [1.54, 1.807) is 23.5 Å². The van der Waals surface area contributed by atoms with E-state index < -0.39 is 0 Å². The smallest absolute Gasteiger partial charge is 0.338 e. The van der Waals surface area contributed by atoms with Crippen LogP contribution in [0, 0.1) is 12.3 Å². The van der Waals surface area contributed by atoms with Gasteiger partial charge in [0.1, 0.15) is 6.61 Å². The molecule has 0 aliphatic carbocycles. The number of rotatable bonds is 4. The number of cyclic esters (lactones) is 1. The number of ether oxygens (including phenoxy) is 1. The fraction of sp³-hybridized carbons (Fsp3) is 0.478. The number of amides is 1. The van der Waals surface area contributed by atoms with Crippen molar-refractivity contribution in [3.63, 3.8) is 0 Å². The van der Waals surface area contributed by atoms with Crippen molar-refractivity contribution < 1.29 is 14.3 Å². The van der Waals surface area contributed by atoms with E-state index in [2.05, 4.69) is 27.9 Å². The summed E-state index contributed by atoms with van der Waals surface area (Å²) < 4.78 is 5.16. The quantitative estimate of drug-likeness (QED) is 0.727. The summed E-state index contributed by atoms with van der Waals surface area (Å²) >= 11 is 0. The first-order valence-electron chi connectivity index (χ1n) is 10.7. The molecular formula is C23H26N4O3. The maximum atomic E-state index is 13.1. The zero-order chi connectivity index (χ0) is 20.7. The van der Waals surface area contributed by atoms with E-state index in [9.17, 15) is 9.59 Å². The van der Waals surface area contributed by atoms with Gasteiger partial charge in [-0.05, 0) is 62.9 Å². The van der Waals surface area contributed by atoms with Crippen LogP contribution in [0.15, 0.2) is 30.7 Å². The molecule has 1 amide bonds. The minimum absolute atomic E-state index is 0.210. The van der Waals surface area contributed by atoms with Crippen molar-refractivity contribution in [1.29, 1.82) is 0 Å². The molecule has 30 heavy (non-hydrogen) atoms. The van der Waals surface area contributed by atoms with Crippen molar-refractivity contribution in [3.05, 3.63) is 53.0 Å². The fourth-order valence-electron chi connectivity index (χ4n) is 5.09. The number of fused-ring (bicyclic) bond motifs is 1. The highest BCUT2D eigenvalue weighted by atomic mass is 16.5. The molecule has 156 valence electrons. The largest absolute Gasteiger partial charge is 0.457 e. The SMILES string of the molecule is Cc1c(CCN2CCC3(CC2)CCN(c2cnccn2)C3=O)ccc2c1COC2=O. The van der Waals surface area contributed by atoms with Crippen molar-refractivity contribution in [2.24, 2.45) is 5.41 Å². The standard InChI is InChI=1S/C23H26N4O3/c1-16-17(2-3-18-19(16)15-30-21(18)28)4-10-26-11-5-23(6-12-26)7-13-27(22(23)29)20-14-24-8-9-25-20/h2-3,8-9,14H,4-7,10-13,15H2,1H3. The Labute approximate surface area is 176 Å². The first kappa shape index (κ1) is 19.2. The summed E-state index contributed by atoms with van der Waals surface area (Å²) in [5.74, 6) is 0.663. The molecule has 3 aliphatic rings. The van der Waals surface area contributed by atoms with Crippen molar-refractivity contribution in [3.8, 4) is 0 Å². The summed E-state index contributed by atoms with van der Waals surface area (Å²) in [6, 6.07) is 3.96. The predicted molar refractivity (Wildman–Crippen MR) is 111 cm³/mol. The lowest BCUT2D eigenvalue weighted by atomic mass is 9.77. The van der Waals surface area contributed by atoms with Crippen LogP contribution in [0.2, 0.25) is 0 Å². The molecule has 0 bridgehead atoms.